The molecule has 3 atom stereocenters. The third-order valence-corrected chi connectivity index (χ3v) is 9.74. The highest BCUT2D eigenvalue weighted by molar-refractivity contribution is 7.89. The maximum Gasteiger partial charge on any atom is 0.336 e. The molecule has 0 aromatic heterocycles. The summed E-state index contributed by atoms with van der Waals surface area (Å²) in [6, 6.07) is 18.2. The molecule has 0 aliphatic carbocycles. The maximum absolute atomic E-state index is 13.9. The number of amides is 1. The number of aromatic carboxylic acids is 1. The fourth-order valence-corrected chi connectivity index (χ4v) is 7.04. The van der Waals surface area contributed by atoms with Gasteiger partial charge in [-0.1, -0.05) is 43.3 Å². The molecular weight excluding hydrogens is 570 g/mol. The van der Waals surface area contributed by atoms with Crippen LogP contribution in [0.4, 0.5) is 0 Å². The number of carboxylic acid groups (broad SMARTS) is 1. The van der Waals surface area contributed by atoms with E-state index in [0.29, 0.717) is 24.2 Å². The van der Waals surface area contributed by atoms with Crippen LogP contribution in [0, 0.1) is 5.92 Å². The summed E-state index contributed by atoms with van der Waals surface area (Å²) in [6.07, 6.45) is -0.458. The Morgan fingerprint density at radius 1 is 1.02 bits per heavy atom. The normalized spacial score (nSPS) is 19.0. The monoisotopic (exact) mass is 609 g/mol. The van der Waals surface area contributed by atoms with Gasteiger partial charge in [-0.25, -0.2) is 13.2 Å². The summed E-state index contributed by atoms with van der Waals surface area (Å²) in [4.78, 5) is 27.5. The number of aliphatic hydroxyl groups excluding tert-OH is 1. The van der Waals surface area contributed by atoms with E-state index in [9.17, 15) is 28.2 Å². The van der Waals surface area contributed by atoms with Gasteiger partial charge in [0.2, 0.25) is 10.0 Å². The number of sulfonamides is 1. The molecule has 0 unspecified atom stereocenters. The zero-order valence-corrected chi connectivity index (χ0v) is 25.9. The zero-order chi connectivity index (χ0) is 31.5. The van der Waals surface area contributed by atoms with E-state index in [1.165, 1.54) is 15.3 Å². The number of aliphatic hydroxyl groups is 1. The lowest BCUT2D eigenvalue weighted by atomic mass is 10.0. The predicted molar refractivity (Wildman–Crippen MR) is 164 cm³/mol. The van der Waals surface area contributed by atoms with E-state index in [4.69, 9.17) is 4.74 Å². The maximum atomic E-state index is 13.9. The minimum Gasteiger partial charge on any atom is -0.487 e. The van der Waals surface area contributed by atoms with Crippen LogP contribution in [0.3, 0.4) is 0 Å². The second-order valence-electron chi connectivity index (χ2n) is 11.3. The van der Waals surface area contributed by atoms with Crippen molar-refractivity contribution in [1.82, 2.24) is 14.1 Å². The van der Waals surface area contributed by atoms with Crippen LogP contribution in [0.5, 0.6) is 5.75 Å². The van der Waals surface area contributed by atoms with E-state index < -0.39 is 28.1 Å². The largest absolute Gasteiger partial charge is 0.487 e. The summed E-state index contributed by atoms with van der Waals surface area (Å²) >= 11 is 0. The van der Waals surface area contributed by atoms with Gasteiger partial charge in [0.15, 0.2) is 0 Å². The number of likely N-dealkylation sites (N-methyl/N-ethyl adjacent to an activating group) is 1. The third kappa shape index (κ3) is 7.07. The second-order valence-corrected chi connectivity index (χ2v) is 13.2. The second kappa shape index (κ2) is 13.3. The molecule has 3 aromatic rings. The Bertz CT molecular complexity index is 1570. The first kappa shape index (κ1) is 32.2. The molecule has 1 aliphatic rings. The number of carboxylic acids is 1. The van der Waals surface area contributed by atoms with Gasteiger partial charge in [-0.15, -0.1) is 0 Å². The van der Waals surface area contributed by atoms with Crippen LogP contribution in [0.1, 0.15) is 40.1 Å². The van der Waals surface area contributed by atoms with Crippen molar-refractivity contribution in [2.24, 2.45) is 5.92 Å². The van der Waals surface area contributed by atoms with Gasteiger partial charge in [0.05, 0.1) is 12.2 Å². The van der Waals surface area contributed by atoms with Gasteiger partial charge in [-0.3, -0.25) is 9.69 Å². The fourth-order valence-electron chi connectivity index (χ4n) is 5.22. The van der Waals surface area contributed by atoms with Crippen molar-refractivity contribution in [3.05, 3.63) is 83.4 Å². The van der Waals surface area contributed by atoms with E-state index in [1.807, 2.05) is 31.0 Å². The van der Waals surface area contributed by atoms with Crippen LogP contribution in [-0.4, -0.2) is 97.6 Å². The van der Waals surface area contributed by atoms with Crippen molar-refractivity contribution in [1.29, 1.82) is 0 Å². The predicted octanol–water partition coefficient (Wildman–Crippen LogP) is 3.65. The molecule has 1 amide bonds. The average molecular weight is 610 g/mol. The highest BCUT2D eigenvalue weighted by Gasteiger charge is 2.38. The Balaban J connectivity index is 1.71. The lowest BCUT2D eigenvalue weighted by Crippen LogP contribution is -2.49. The van der Waals surface area contributed by atoms with E-state index in [1.54, 1.807) is 69.6 Å². The summed E-state index contributed by atoms with van der Waals surface area (Å²) in [5.41, 5.74) is 2.93. The van der Waals surface area contributed by atoms with Crippen molar-refractivity contribution in [2.45, 2.75) is 37.4 Å². The van der Waals surface area contributed by atoms with Crippen LogP contribution in [0.2, 0.25) is 0 Å². The first-order chi connectivity index (χ1) is 20.3. The molecule has 43 heavy (non-hydrogen) atoms. The van der Waals surface area contributed by atoms with E-state index in [0.717, 1.165) is 11.1 Å². The minimum atomic E-state index is -4.01. The van der Waals surface area contributed by atoms with Gasteiger partial charge < -0.3 is 19.8 Å². The van der Waals surface area contributed by atoms with Crippen molar-refractivity contribution in [3.63, 3.8) is 0 Å². The van der Waals surface area contributed by atoms with Gasteiger partial charge in [0, 0.05) is 51.3 Å². The average Bonchev–Trinajstić information content (AvgIpc) is 2.98. The number of benzene rings is 3. The summed E-state index contributed by atoms with van der Waals surface area (Å²) in [6.45, 7) is 4.12. The Kier molecular flexibility index (Phi) is 9.91. The molecular formula is C32H39N3O7S. The van der Waals surface area contributed by atoms with Gasteiger partial charge in [0.25, 0.3) is 5.91 Å². The minimum absolute atomic E-state index is 0.00623. The summed E-state index contributed by atoms with van der Waals surface area (Å²) in [5, 5.41) is 19.5. The molecule has 0 spiro atoms. The lowest BCUT2D eigenvalue weighted by molar-refractivity contribution is 0.0686. The van der Waals surface area contributed by atoms with Gasteiger partial charge >= 0.3 is 5.97 Å². The van der Waals surface area contributed by atoms with Crippen molar-refractivity contribution < 1.29 is 33.0 Å². The molecule has 230 valence electrons. The number of hydrogen-bond acceptors (Lipinski definition) is 7. The molecule has 0 radical (unpaired) electrons. The molecule has 1 heterocycles. The fraction of sp³-hybridized carbons (Fsp3) is 0.375. The molecule has 0 bridgehead atoms. The van der Waals surface area contributed by atoms with Crippen molar-refractivity contribution in [3.8, 4) is 16.9 Å². The molecule has 1 aliphatic heterocycles. The third-order valence-electron chi connectivity index (χ3n) is 7.72. The van der Waals surface area contributed by atoms with E-state index in [-0.39, 0.29) is 41.2 Å². The topological polar surface area (TPSA) is 128 Å². The molecule has 10 nitrogen and oxygen atoms in total. The number of hydrogen-bond donors (Lipinski definition) is 2. The first-order valence-electron chi connectivity index (χ1n) is 14.1. The van der Waals surface area contributed by atoms with Crippen LogP contribution >= 0.6 is 0 Å². The number of carbonyl (C=O) groups is 2. The standard InChI is InChI=1S/C32H39N3O7S/c1-21-17-35(22(2)20-36)43(40,41)30-15-14-25(23-10-12-24(13-11-23)31(37)33(3)4)16-28(30)42-29(21)19-34(5)18-26-8-6-7-9-27(26)32(38)39/h6-16,21-22,29,36H,17-20H2,1-5H3,(H,38,39)/t21-,22-,29+/m0/s1. The van der Waals surface area contributed by atoms with Crippen LogP contribution in [0.25, 0.3) is 11.1 Å². The van der Waals surface area contributed by atoms with Gasteiger partial charge in [0.1, 0.15) is 16.7 Å². The first-order valence-corrected chi connectivity index (χ1v) is 15.5. The highest BCUT2D eigenvalue weighted by atomic mass is 32.2. The molecule has 11 heteroatoms. The van der Waals surface area contributed by atoms with Crippen LogP contribution in [0.15, 0.2) is 71.6 Å². The quantitative estimate of drug-likeness (QED) is 0.377. The zero-order valence-electron chi connectivity index (χ0n) is 25.1. The molecule has 0 saturated heterocycles. The molecule has 3 aromatic carbocycles. The summed E-state index contributed by atoms with van der Waals surface area (Å²) in [7, 11) is 1.23. The highest BCUT2D eigenvalue weighted by Crippen LogP contribution is 2.36. The number of ether oxygens (including phenoxy) is 1. The van der Waals surface area contributed by atoms with E-state index >= 15 is 0 Å². The van der Waals surface area contributed by atoms with Crippen LogP contribution in [-0.2, 0) is 16.6 Å². The van der Waals surface area contributed by atoms with Gasteiger partial charge in [-0.05, 0) is 61.0 Å². The molecule has 0 fully saturated rings. The SMILES string of the molecule is C[C@H]1CN([C@@H](C)CO)S(=O)(=O)c2ccc(-c3ccc(C(=O)N(C)C)cc3)cc2O[C@@H]1CN(C)Cc1ccccc1C(=O)O. The van der Waals surface area contributed by atoms with Crippen molar-refractivity contribution in [2.75, 3.05) is 40.8 Å². The summed E-state index contributed by atoms with van der Waals surface area (Å²) < 4.78 is 35.5. The van der Waals surface area contributed by atoms with Crippen LogP contribution < -0.4 is 4.74 Å². The number of nitrogens with zero attached hydrogens (tertiary/aromatic N) is 3. The summed E-state index contributed by atoms with van der Waals surface area (Å²) in [5.74, 6) is -1.20. The molecule has 0 saturated carbocycles. The van der Waals surface area contributed by atoms with Crippen molar-refractivity contribution >= 4 is 21.9 Å². The molecule has 2 N–H and O–H groups in total. The van der Waals surface area contributed by atoms with Gasteiger partial charge in [-0.2, -0.15) is 4.31 Å². The van der Waals surface area contributed by atoms with E-state index in [2.05, 4.69) is 0 Å². The smallest absolute Gasteiger partial charge is 0.336 e. The lowest BCUT2D eigenvalue weighted by Gasteiger charge is -2.37. The number of fused-ring (bicyclic) bond motifs is 1. The Morgan fingerprint density at radius 3 is 2.30 bits per heavy atom. The Labute approximate surface area is 253 Å². The number of rotatable bonds is 9. The Morgan fingerprint density at radius 2 is 1.67 bits per heavy atom. The number of carbonyl (C=O) groups excluding carboxylic acids is 1. The Hall–Kier alpha value is -3.77. The molecule has 4 rings (SSSR count).